The van der Waals surface area contributed by atoms with Crippen molar-refractivity contribution in [2.75, 3.05) is 6.54 Å². The number of hydrogen-bond donors (Lipinski definition) is 1. The predicted octanol–water partition coefficient (Wildman–Crippen LogP) is 1.84. The van der Waals surface area contributed by atoms with Crippen molar-refractivity contribution in [1.82, 2.24) is 9.88 Å². The summed E-state index contributed by atoms with van der Waals surface area (Å²) in [5, 5.41) is 2.80. The zero-order valence-electron chi connectivity index (χ0n) is 11.1. The van der Waals surface area contributed by atoms with Gasteiger partial charge in [0.15, 0.2) is 5.78 Å². The predicted molar refractivity (Wildman–Crippen MR) is 69.7 cm³/mol. The van der Waals surface area contributed by atoms with E-state index in [9.17, 15) is 9.59 Å². The second kappa shape index (κ2) is 5.38. The van der Waals surface area contributed by atoms with Crippen LogP contribution in [-0.4, -0.2) is 22.8 Å². The molecular weight excluding hydrogens is 228 g/mol. The molecule has 0 saturated carbocycles. The molecule has 1 aromatic rings. The molecule has 0 saturated heterocycles. The lowest BCUT2D eigenvalue weighted by Crippen LogP contribution is -2.24. The molecule has 1 aliphatic rings. The Balaban J connectivity index is 2.13. The summed E-state index contributed by atoms with van der Waals surface area (Å²) in [6.07, 6.45) is 3.01. The standard InChI is InChI=1S/C14H20N2O2/c1-3-15-14(18)7-8-16-10(2)9-11-12(16)5-4-6-13(11)17/h9H,3-8H2,1-2H3,(H,15,18). The molecule has 0 bridgehead atoms. The zero-order valence-corrected chi connectivity index (χ0v) is 11.1. The molecule has 1 aliphatic carbocycles. The second-order valence-corrected chi connectivity index (χ2v) is 4.78. The normalized spacial score (nSPS) is 14.4. The third-order valence-electron chi connectivity index (χ3n) is 3.47. The summed E-state index contributed by atoms with van der Waals surface area (Å²) >= 11 is 0. The van der Waals surface area contributed by atoms with Crippen LogP contribution in [0.3, 0.4) is 0 Å². The van der Waals surface area contributed by atoms with Gasteiger partial charge in [0.2, 0.25) is 5.91 Å². The number of nitrogens with one attached hydrogen (secondary N) is 1. The summed E-state index contributed by atoms with van der Waals surface area (Å²) in [6.45, 7) is 5.25. The van der Waals surface area contributed by atoms with E-state index >= 15 is 0 Å². The number of nitrogens with zero attached hydrogens (tertiary/aromatic N) is 1. The van der Waals surface area contributed by atoms with Crippen LogP contribution in [0.15, 0.2) is 6.07 Å². The molecule has 1 amide bonds. The quantitative estimate of drug-likeness (QED) is 0.884. The maximum atomic E-state index is 11.8. The molecule has 0 aliphatic heterocycles. The maximum Gasteiger partial charge on any atom is 0.221 e. The topological polar surface area (TPSA) is 51.1 Å². The van der Waals surface area contributed by atoms with Crippen molar-refractivity contribution in [1.29, 1.82) is 0 Å². The van der Waals surface area contributed by atoms with Crippen LogP contribution in [0.5, 0.6) is 0 Å². The minimum absolute atomic E-state index is 0.0708. The first-order chi connectivity index (χ1) is 8.63. The minimum Gasteiger partial charge on any atom is -0.356 e. The first-order valence-corrected chi connectivity index (χ1v) is 6.62. The van der Waals surface area contributed by atoms with E-state index in [-0.39, 0.29) is 11.7 Å². The number of fused-ring (bicyclic) bond motifs is 1. The summed E-state index contributed by atoms with van der Waals surface area (Å²) in [5.74, 6) is 0.317. The van der Waals surface area contributed by atoms with Crippen molar-refractivity contribution in [3.05, 3.63) is 23.0 Å². The number of Topliss-reactive ketones (excluding diaryl/α,β-unsaturated/α-hetero) is 1. The van der Waals surface area contributed by atoms with Gasteiger partial charge in [-0.05, 0) is 32.8 Å². The van der Waals surface area contributed by atoms with Gasteiger partial charge in [-0.15, -0.1) is 0 Å². The van der Waals surface area contributed by atoms with Gasteiger partial charge >= 0.3 is 0 Å². The van der Waals surface area contributed by atoms with Crippen LogP contribution in [0, 0.1) is 6.92 Å². The average molecular weight is 248 g/mol. The average Bonchev–Trinajstić information content (AvgIpc) is 2.65. The fraction of sp³-hybridized carbons (Fsp3) is 0.571. The largest absolute Gasteiger partial charge is 0.356 e. The van der Waals surface area contributed by atoms with Gasteiger partial charge in [0, 0.05) is 42.9 Å². The lowest BCUT2D eigenvalue weighted by molar-refractivity contribution is -0.121. The van der Waals surface area contributed by atoms with Crippen LogP contribution in [0.25, 0.3) is 0 Å². The summed E-state index contributed by atoms with van der Waals surface area (Å²) in [4.78, 5) is 23.3. The van der Waals surface area contributed by atoms with Gasteiger partial charge in [-0.25, -0.2) is 0 Å². The van der Waals surface area contributed by atoms with Crippen LogP contribution >= 0.6 is 0 Å². The number of aryl methyl sites for hydroxylation is 1. The molecule has 2 rings (SSSR count). The van der Waals surface area contributed by atoms with Crippen molar-refractivity contribution in [3.63, 3.8) is 0 Å². The number of amides is 1. The lowest BCUT2D eigenvalue weighted by atomic mass is 9.96. The molecule has 1 N–H and O–H groups in total. The van der Waals surface area contributed by atoms with Crippen LogP contribution in [0.4, 0.5) is 0 Å². The maximum absolute atomic E-state index is 11.8. The summed E-state index contributed by atoms with van der Waals surface area (Å²) < 4.78 is 2.13. The summed E-state index contributed by atoms with van der Waals surface area (Å²) in [5.41, 5.74) is 3.07. The van der Waals surface area contributed by atoms with Crippen molar-refractivity contribution < 1.29 is 9.59 Å². The monoisotopic (exact) mass is 248 g/mol. The number of hydrogen-bond acceptors (Lipinski definition) is 2. The van der Waals surface area contributed by atoms with Crippen molar-refractivity contribution in [2.45, 2.75) is 46.1 Å². The minimum atomic E-state index is 0.0708. The van der Waals surface area contributed by atoms with E-state index in [1.165, 1.54) is 0 Å². The number of rotatable bonds is 4. The first kappa shape index (κ1) is 12.9. The summed E-state index contributed by atoms with van der Waals surface area (Å²) in [6, 6.07) is 1.97. The molecule has 4 heteroatoms. The number of carbonyl (C=O) groups is 2. The van der Waals surface area contributed by atoms with E-state index in [4.69, 9.17) is 0 Å². The van der Waals surface area contributed by atoms with Gasteiger partial charge in [-0.1, -0.05) is 0 Å². The van der Waals surface area contributed by atoms with Gasteiger partial charge in [0.05, 0.1) is 0 Å². The Morgan fingerprint density at radius 3 is 2.94 bits per heavy atom. The highest BCUT2D eigenvalue weighted by Crippen LogP contribution is 2.25. The van der Waals surface area contributed by atoms with E-state index in [2.05, 4.69) is 9.88 Å². The zero-order chi connectivity index (χ0) is 13.1. The number of ketones is 1. The van der Waals surface area contributed by atoms with Crippen molar-refractivity contribution >= 4 is 11.7 Å². The Hall–Kier alpha value is -1.58. The van der Waals surface area contributed by atoms with E-state index in [0.29, 0.717) is 25.9 Å². The van der Waals surface area contributed by atoms with E-state index in [1.54, 1.807) is 0 Å². The molecular formula is C14H20N2O2. The molecule has 98 valence electrons. The molecule has 0 unspecified atom stereocenters. The van der Waals surface area contributed by atoms with Crippen LogP contribution in [0.2, 0.25) is 0 Å². The Labute approximate surface area is 107 Å². The van der Waals surface area contributed by atoms with E-state index in [0.717, 1.165) is 29.8 Å². The fourth-order valence-corrected chi connectivity index (χ4v) is 2.60. The first-order valence-electron chi connectivity index (χ1n) is 6.62. The lowest BCUT2D eigenvalue weighted by Gasteiger charge is -2.15. The van der Waals surface area contributed by atoms with Gasteiger partial charge < -0.3 is 9.88 Å². The van der Waals surface area contributed by atoms with Gasteiger partial charge in [-0.2, -0.15) is 0 Å². The Kier molecular flexibility index (Phi) is 3.84. The third kappa shape index (κ3) is 2.47. The molecule has 0 spiro atoms. The molecule has 1 aromatic heterocycles. The highest BCUT2D eigenvalue weighted by Gasteiger charge is 2.22. The van der Waals surface area contributed by atoms with Crippen molar-refractivity contribution in [2.24, 2.45) is 0 Å². The molecule has 0 radical (unpaired) electrons. The SMILES string of the molecule is CCNC(=O)CCn1c(C)cc2c1CCCC2=O. The molecule has 18 heavy (non-hydrogen) atoms. The van der Waals surface area contributed by atoms with Gasteiger partial charge in [0.25, 0.3) is 0 Å². The Bertz CT molecular complexity index is 474. The molecule has 1 heterocycles. The molecule has 0 atom stereocenters. The van der Waals surface area contributed by atoms with Crippen molar-refractivity contribution in [3.8, 4) is 0 Å². The fourth-order valence-electron chi connectivity index (χ4n) is 2.60. The van der Waals surface area contributed by atoms with Gasteiger partial charge in [-0.3, -0.25) is 9.59 Å². The van der Waals surface area contributed by atoms with E-state index < -0.39 is 0 Å². The summed E-state index contributed by atoms with van der Waals surface area (Å²) in [7, 11) is 0. The molecule has 0 fully saturated rings. The number of aromatic nitrogens is 1. The number of carbonyl (C=O) groups excluding carboxylic acids is 2. The second-order valence-electron chi connectivity index (χ2n) is 4.78. The highest BCUT2D eigenvalue weighted by molar-refractivity contribution is 5.98. The molecule has 0 aromatic carbocycles. The third-order valence-corrected chi connectivity index (χ3v) is 3.47. The van der Waals surface area contributed by atoms with Gasteiger partial charge in [0.1, 0.15) is 0 Å². The van der Waals surface area contributed by atoms with Crippen LogP contribution in [-0.2, 0) is 17.8 Å². The van der Waals surface area contributed by atoms with E-state index in [1.807, 2.05) is 19.9 Å². The highest BCUT2D eigenvalue weighted by atomic mass is 16.1. The van der Waals surface area contributed by atoms with Crippen LogP contribution in [0.1, 0.15) is 47.9 Å². The smallest absolute Gasteiger partial charge is 0.221 e. The Morgan fingerprint density at radius 2 is 2.22 bits per heavy atom. The Morgan fingerprint density at radius 1 is 1.44 bits per heavy atom. The van der Waals surface area contributed by atoms with Crippen LogP contribution < -0.4 is 5.32 Å². The molecule has 4 nitrogen and oxygen atoms in total.